The van der Waals surface area contributed by atoms with E-state index in [9.17, 15) is 18.0 Å². The van der Waals surface area contributed by atoms with Crippen LogP contribution in [-0.2, 0) is 16.4 Å². The number of rotatable bonds is 6. The van der Waals surface area contributed by atoms with Gasteiger partial charge in [-0.25, -0.2) is 8.42 Å². The largest absolute Gasteiger partial charge is 0.287 e. The summed E-state index contributed by atoms with van der Waals surface area (Å²) in [6.45, 7) is 0. The van der Waals surface area contributed by atoms with Crippen molar-refractivity contribution in [1.29, 1.82) is 0 Å². The molecule has 0 saturated carbocycles. The molecule has 8 heteroatoms. The zero-order valence-corrected chi connectivity index (χ0v) is 21.3. The van der Waals surface area contributed by atoms with E-state index in [2.05, 4.69) is 20.7 Å². The fraction of sp³-hybridized carbons (Fsp3) is 0.0357. The van der Waals surface area contributed by atoms with E-state index >= 15 is 0 Å². The average Bonchev–Trinajstić information content (AvgIpc) is 2.89. The van der Waals surface area contributed by atoms with Gasteiger partial charge >= 0.3 is 0 Å². The van der Waals surface area contributed by atoms with Crippen LogP contribution in [0.4, 0.5) is 0 Å². The quantitative estimate of drug-likeness (QED) is 0.351. The maximum atomic E-state index is 13.5. The van der Waals surface area contributed by atoms with Crippen molar-refractivity contribution < 1.29 is 22.6 Å². The van der Waals surface area contributed by atoms with Gasteiger partial charge in [0.1, 0.15) is 0 Å². The highest BCUT2D eigenvalue weighted by atomic mass is 79.9. The number of carbonyl (C=O) groups excluding carboxylic acids is 2. The molecule has 0 fully saturated rings. The van der Waals surface area contributed by atoms with Crippen LogP contribution in [0.15, 0.2) is 118 Å². The molecule has 0 bridgehead atoms. The second-order valence-electron chi connectivity index (χ2n) is 8.26. The number of nitrogens with zero attached hydrogens (tertiary/aromatic N) is 1. The van der Waals surface area contributed by atoms with Gasteiger partial charge in [0, 0.05) is 27.7 Å². The van der Waals surface area contributed by atoms with Gasteiger partial charge in [0.2, 0.25) is 5.78 Å². The van der Waals surface area contributed by atoms with Crippen molar-refractivity contribution in [3.8, 4) is 0 Å². The molecule has 1 heterocycles. The molecule has 0 spiro atoms. The van der Waals surface area contributed by atoms with Crippen LogP contribution in [0.5, 0.6) is 0 Å². The van der Waals surface area contributed by atoms with Crippen LogP contribution in [-0.4, -0.2) is 20.0 Å². The van der Waals surface area contributed by atoms with Gasteiger partial charge in [-0.1, -0.05) is 70.5 Å². The maximum absolute atomic E-state index is 13.5. The van der Waals surface area contributed by atoms with Gasteiger partial charge < -0.3 is 0 Å². The Morgan fingerprint density at radius 1 is 0.694 bits per heavy atom. The number of ketones is 2. The summed E-state index contributed by atoms with van der Waals surface area (Å²) < 4.78 is 31.0. The number of hydrogen-bond acceptors (Lipinski definition) is 4. The second kappa shape index (κ2) is 9.64. The summed E-state index contributed by atoms with van der Waals surface area (Å²) in [4.78, 5) is 27.0. The molecule has 178 valence electrons. The van der Waals surface area contributed by atoms with Crippen molar-refractivity contribution in [3.63, 3.8) is 0 Å². The lowest BCUT2D eigenvalue weighted by Gasteiger charge is -2.18. The van der Waals surface area contributed by atoms with Crippen LogP contribution in [0.3, 0.4) is 0 Å². The molecule has 1 N–H and O–H groups in total. The van der Waals surface area contributed by atoms with E-state index in [1.54, 1.807) is 42.7 Å². The highest BCUT2D eigenvalue weighted by Gasteiger charge is 2.40. The summed E-state index contributed by atoms with van der Waals surface area (Å²) in [5.74, 6) is -1.01. The van der Waals surface area contributed by atoms with Gasteiger partial charge in [0.05, 0.1) is 4.90 Å². The summed E-state index contributed by atoms with van der Waals surface area (Å²) in [5.41, 5.74) is 2.18. The van der Waals surface area contributed by atoms with Crippen molar-refractivity contribution in [2.75, 3.05) is 0 Å². The number of hydrogen-bond donors (Lipinski definition) is 1. The fourth-order valence-corrected chi connectivity index (χ4v) is 5.40. The zero-order valence-electron chi connectivity index (χ0n) is 18.9. The number of benzene rings is 3. The molecule has 1 aliphatic carbocycles. The van der Waals surface area contributed by atoms with Crippen LogP contribution in [0, 0.1) is 0 Å². The standard InChI is InChI=1S/C28H19BrN2O4S/c29-21-10-12-22(13-11-21)36(34,35)30-25-26(28(33)24-9-5-4-8-23(24)27(25)32)31-16-14-20(15-17-31)18-19-6-2-1-3-7-19/h1-17H,18H2/p+1. The molecule has 0 radical (unpaired) electrons. The van der Waals surface area contributed by atoms with Gasteiger partial charge in [-0.2, -0.15) is 4.57 Å². The Morgan fingerprint density at radius 2 is 1.25 bits per heavy atom. The minimum absolute atomic E-state index is 0.0279. The Labute approximate surface area is 217 Å². The van der Waals surface area contributed by atoms with Gasteiger partial charge in [-0.3, -0.25) is 14.3 Å². The minimum atomic E-state index is -4.14. The highest BCUT2D eigenvalue weighted by molar-refractivity contribution is 9.10. The van der Waals surface area contributed by atoms with E-state index in [1.165, 1.54) is 22.8 Å². The fourth-order valence-electron chi connectivity index (χ4n) is 4.07. The molecule has 6 nitrogen and oxygen atoms in total. The Bertz CT molecular complexity index is 1610. The van der Waals surface area contributed by atoms with E-state index in [-0.39, 0.29) is 27.4 Å². The molecule has 1 aliphatic rings. The molecule has 0 atom stereocenters. The van der Waals surface area contributed by atoms with Crippen molar-refractivity contribution in [2.24, 2.45) is 0 Å². The van der Waals surface area contributed by atoms with Crippen molar-refractivity contribution in [3.05, 3.63) is 136 Å². The molecule has 5 rings (SSSR count). The summed E-state index contributed by atoms with van der Waals surface area (Å²) in [7, 11) is -4.14. The number of pyridine rings is 1. The monoisotopic (exact) mass is 559 g/mol. The summed E-state index contributed by atoms with van der Waals surface area (Å²) in [5, 5.41) is 0. The smallest absolute Gasteiger partial charge is 0.287 e. The summed E-state index contributed by atoms with van der Waals surface area (Å²) in [6, 6.07) is 26.1. The van der Waals surface area contributed by atoms with E-state index in [0.29, 0.717) is 10.9 Å². The third-order valence-corrected chi connectivity index (χ3v) is 7.76. The van der Waals surface area contributed by atoms with E-state index < -0.39 is 21.6 Å². The molecular formula is C28H20BrN2O4S+. The lowest BCUT2D eigenvalue weighted by atomic mass is 9.90. The summed E-state index contributed by atoms with van der Waals surface area (Å²) >= 11 is 3.29. The first-order valence-corrected chi connectivity index (χ1v) is 13.4. The van der Waals surface area contributed by atoms with Crippen molar-refractivity contribution >= 4 is 43.2 Å². The third-order valence-electron chi connectivity index (χ3n) is 5.86. The topological polar surface area (TPSA) is 84.2 Å². The van der Waals surface area contributed by atoms with Crippen LogP contribution in [0.2, 0.25) is 0 Å². The Hall–Kier alpha value is -3.88. The average molecular weight is 560 g/mol. The lowest BCUT2D eigenvalue weighted by molar-refractivity contribution is -0.577. The molecule has 3 aromatic carbocycles. The van der Waals surface area contributed by atoms with E-state index in [1.807, 2.05) is 42.5 Å². The normalized spacial score (nSPS) is 13.5. The number of halogens is 1. The van der Waals surface area contributed by atoms with E-state index in [0.717, 1.165) is 11.1 Å². The highest BCUT2D eigenvalue weighted by Crippen LogP contribution is 2.27. The van der Waals surface area contributed by atoms with E-state index in [4.69, 9.17) is 0 Å². The van der Waals surface area contributed by atoms with Crippen LogP contribution < -0.4 is 9.29 Å². The van der Waals surface area contributed by atoms with Crippen molar-refractivity contribution in [1.82, 2.24) is 4.72 Å². The Morgan fingerprint density at radius 3 is 1.89 bits per heavy atom. The molecule has 0 unspecified atom stereocenters. The van der Waals surface area contributed by atoms with Crippen molar-refractivity contribution in [2.45, 2.75) is 11.3 Å². The molecule has 0 aliphatic heterocycles. The predicted octanol–water partition coefficient (Wildman–Crippen LogP) is 4.55. The lowest BCUT2D eigenvalue weighted by Crippen LogP contribution is -2.44. The number of nitrogens with one attached hydrogen (secondary N) is 1. The number of allylic oxidation sites excluding steroid dienone is 2. The number of aromatic nitrogens is 1. The number of carbonyl (C=O) groups is 2. The molecule has 4 aromatic rings. The molecule has 36 heavy (non-hydrogen) atoms. The third kappa shape index (κ3) is 4.65. The first kappa shape index (κ1) is 23.8. The zero-order chi connectivity index (χ0) is 25.3. The molecule has 0 amide bonds. The minimum Gasteiger partial charge on any atom is -0.287 e. The Kier molecular flexibility index (Phi) is 6.38. The predicted molar refractivity (Wildman–Crippen MR) is 139 cm³/mol. The summed E-state index contributed by atoms with van der Waals surface area (Å²) in [6.07, 6.45) is 4.03. The molecule has 1 aromatic heterocycles. The Balaban J connectivity index is 1.58. The van der Waals surface area contributed by atoms with Gasteiger partial charge in [0.15, 0.2) is 18.1 Å². The van der Waals surface area contributed by atoms with Crippen LogP contribution >= 0.6 is 15.9 Å². The van der Waals surface area contributed by atoms with Crippen LogP contribution in [0.1, 0.15) is 31.8 Å². The second-order valence-corrected chi connectivity index (χ2v) is 10.9. The molecular weight excluding hydrogens is 540 g/mol. The van der Waals surface area contributed by atoms with Gasteiger partial charge in [0.25, 0.3) is 21.5 Å². The van der Waals surface area contributed by atoms with Gasteiger partial charge in [-0.05, 0) is 41.8 Å². The first-order chi connectivity index (χ1) is 17.3. The first-order valence-electron chi connectivity index (χ1n) is 11.1. The number of fused-ring (bicyclic) bond motifs is 1. The number of Topliss-reactive ketones (excluding diaryl/α,β-unsaturated/α-hetero) is 2. The van der Waals surface area contributed by atoms with Gasteiger partial charge in [-0.15, -0.1) is 0 Å². The number of sulfonamides is 1. The van der Waals surface area contributed by atoms with Crippen LogP contribution in [0.25, 0.3) is 5.70 Å². The molecule has 0 saturated heterocycles. The maximum Gasteiger partial charge on any atom is 0.287 e. The SMILES string of the molecule is O=C1C(NS(=O)(=O)c2ccc(Br)cc2)=C([n+]2ccc(Cc3ccccc3)cc2)C(=O)c2ccccc21.